The molecule has 0 fully saturated rings. The van der Waals surface area contributed by atoms with Crippen molar-refractivity contribution in [3.63, 3.8) is 0 Å². The molecule has 106 valence electrons. The minimum atomic E-state index is 0.636. The molecule has 5 nitrogen and oxygen atoms in total. The Bertz CT molecular complexity index is 543. The summed E-state index contributed by atoms with van der Waals surface area (Å²) in [6.45, 7) is 10.2. The van der Waals surface area contributed by atoms with Gasteiger partial charge in [-0.05, 0) is 32.4 Å². The van der Waals surface area contributed by atoms with Crippen molar-refractivity contribution < 1.29 is 0 Å². The molecule has 2 aromatic heterocycles. The van der Waals surface area contributed by atoms with Crippen LogP contribution in [0.2, 0.25) is 0 Å². The van der Waals surface area contributed by atoms with Gasteiger partial charge in [0.1, 0.15) is 12.0 Å². The van der Waals surface area contributed by atoms with Crippen molar-refractivity contribution in [3.05, 3.63) is 35.5 Å². The molecule has 0 amide bonds. The minimum Gasteiger partial charge on any atom is -0.312 e. The number of aromatic nitrogens is 4. The number of nitrogens with one attached hydrogen (secondary N) is 1. The van der Waals surface area contributed by atoms with Crippen LogP contribution in [0.5, 0.6) is 0 Å². The van der Waals surface area contributed by atoms with Crippen LogP contribution in [0.1, 0.15) is 30.8 Å². The summed E-state index contributed by atoms with van der Waals surface area (Å²) in [5.41, 5.74) is 3.93. The number of hydrogen-bond acceptors (Lipinski definition) is 5. The van der Waals surface area contributed by atoms with Crippen molar-refractivity contribution in [1.29, 1.82) is 0 Å². The Morgan fingerprint density at radius 3 is 2.40 bits per heavy atom. The van der Waals surface area contributed by atoms with Crippen molar-refractivity contribution in [2.24, 2.45) is 5.92 Å². The smallest absolute Gasteiger partial charge is 0.178 e. The molecule has 0 aliphatic carbocycles. The van der Waals surface area contributed by atoms with Gasteiger partial charge in [-0.15, -0.1) is 0 Å². The van der Waals surface area contributed by atoms with Crippen molar-refractivity contribution in [2.75, 3.05) is 6.54 Å². The SMILES string of the molecule is Cc1nc(-c2ccncn2)nc(C)c1CNCC(C)C. The number of rotatable bonds is 5. The van der Waals surface area contributed by atoms with Gasteiger partial charge in [-0.2, -0.15) is 0 Å². The highest BCUT2D eigenvalue weighted by Crippen LogP contribution is 2.16. The fourth-order valence-corrected chi connectivity index (χ4v) is 2.02. The van der Waals surface area contributed by atoms with Crippen molar-refractivity contribution >= 4 is 0 Å². The van der Waals surface area contributed by atoms with Crippen molar-refractivity contribution in [3.8, 4) is 11.5 Å². The Morgan fingerprint density at radius 2 is 1.85 bits per heavy atom. The Labute approximate surface area is 119 Å². The highest BCUT2D eigenvalue weighted by molar-refractivity contribution is 5.49. The highest BCUT2D eigenvalue weighted by atomic mass is 15.0. The van der Waals surface area contributed by atoms with E-state index in [9.17, 15) is 0 Å². The standard InChI is InChI=1S/C15H21N5/c1-10(2)7-17-8-13-11(3)19-15(20-12(13)4)14-5-6-16-9-18-14/h5-6,9-10,17H,7-8H2,1-4H3. The van der Waals surface area contributed by atoms with Gasteiger partial charge in [0, 0.05) is 29.7 Å². The van der Waals surface area contributed by atoms with Gasteiger partial charge in [0.2, 0.25) is 0 Å². The minimum absolute atomic E-state index is 0.636. The van der Waals surface area contributed by atoms with Crippen molar-refractivity contribution in [1.82, 2.24) is 25.3 Å². The number of aryl methyl sites for hydroxylation is 2. The lowest BCUT2D eigenvalue weighted by Gasteiger charge is -2.12. The maximum absolute atomic E-state index is 4.56. The molecule has 0 saturated heterocycles. The van der Waals surface area contributed by atoms with Gasteiger partial charge in [-0.1, -0.05) is 13.8 Å². The lowest BCUT2D eigenvalue weighted by molar-refractivity contribution is 0.549. The molecule has 0 radical (unpaired) electrons. The van der Waals surface area contributed by atoms with Gasteiger partial charge in [0.25, 0.3) is 0 Å². The van der Waals surface area contributed by atoms with Gasteiger partial charge >= 0.3 is 0 Å². The van der Waals surface area contributed by atoms with E-state index in [1.54, 1.807) is 6.20 Å². The van der Waals surface area contributed by atoms with E-state index in [-0.39, 0.29) is 0 Å². The highest BCUT2D eigenvalue weighted by Gasteiger charge is 2.10. The van der Waals surface area contributed by atoms with E-state index >= 15 is 0 Å². The molecule has 5 heteroatoms. The zero-order valence-corrected chi connectivity index (χ0v) is 12.5. The third-order valence-corrected chi connectivity index (χ3v) is 3.09. The first-order valence-electron chi connectivity index (χ1n) is 6.89. The largest absolute Gasteiger partial charge is 0.312 e. The summed E-state index contributed by atoms with van der Waals surface area (Å²) < 4.78 is 0. The second-order valence-corrected chi connectivity index (χ2v) is 5.32. The third-order valence-electron chi connectivity index (χ3n) is 3.09. The lowest BCUT2D eigenvalue weighted by Crippen LogP contribution is -2.21. The molecule has 2 rings (SSSR count). The van der Waals surface area contributed by atoms with Gasteiger partial charge < -0.3 is 5.32 Å². The van der Waals surface area contributed by atoms with Gasteiger partial charge in [-0.3, -0.25) is 0 Å². The maximum atomic E-state index is 4.56. The summed E-state index contributed by atoms with van der Waals surface area (Å²) in [4.78, 5) is 17.2. The van der Waals surface area contributed by atoms with Crippen LogP contribution in [-0.2, 0) is 6.54 Å². The van der Waals surface area contributed by atoms with Crippen LogP contribution in [0.3, 0.4) is 0 Å². The molecule has 0 unspecified atom stereocenters. The molecule has 0 aliphatic heterocycles. The van der Waals surface area contributed by atoms with E-state index in [1.807, 2.05) is 19.9 Å². The third kappa shape index (κ3) is 3.57. The number of nitrogens with zero attached hydrogens (tertiary/aromatic N) is 4. The fraction of sp³-hybridized carbons (Fsp3) is 0.467. The average Bonchev–Trinajstić information content (AvgIpc) is 2.42. The topological polar surface area (TPSA) is 63.6 Å². The predicted octanol–water partition coefficient (Wildman–Crippen LogP) is 2.30. The van der Waals surface area contributed by atoms with Gasteiger partial charge in [0.15, 0.2) is 5.82 Å². The van der Waals surface area contributed by atoms with E-state index in [0.29, 0.717) is 11.7 Å². The predicted molar refractivity (Wildman–Crippen MR) is 79.1 cm³/mol. The van der Waals surface area contributed by atoms with Crippen LogP contribution in [0, 0.1) is 19.8 Å². The Morgan fingerprint density at radius 1 is 1.15 bits per heavy atom. The Balaban J connectivity index is 2.21. The zero-order valence-electron chi connectivity index (χ0n) is 12.5. The average molecular weight is 271 g/mol. The molecule has 1 N–H and O–H groups in total. The van der Waals surface area contributed by atoms with E-state index < -0.39 is 0 Å². The molecular weight excluding hydrogens is 250 g/mol. The summed E-state index contributed by atoms with van der Waals surface area (Å²) in [5.74, 6) is 1.30. The first kappa shape index (κ1) is 14.5. The normalized spacial score (nSPS) is 11.1. The monoisotopic (exact) mass is 271 g/mol. The summed E-state index contributed by atoms with van der Waals surface area (Å²) in [5, 5.41) is 3.44. The summed E-state index contributed by atoms with van der Waals surface area (Å²) in [7, 11) is 0. The molecule has 0 aliphatic rings. The van der Waals surface area contributed by atoms with E-state index in [1.165, 1.54) is 11.9 Å². The second-order valence-electron chi connectivity index (χ2n) is 5.32. The molecule has 2 aromatic rings. The van der Waals surface area contributed by atoms with Crippen LogP contribution in [0.15, 0.2) is 18.6 Å². The Kier molecular flexibility index (Phi) is 4.74. The van der Waals surface area contributed by atoms with E-state index in [4.69, 9.17) is 0 Å². The molecule has 0 saturated carbocycles. The summed E-state index contributed by atoms with van der Waals surface area (Å²) in [6.07, 6.45) is 3.22. The van der Waals surface area contributed by atoms with Gasteiger partial charge in [0.05, 0.1) is 0 Å². The molecular formula is C15H21N5. The lowest BCUT2D eigenvalue weighted by atomic mass is 10.1. The first-order chi connectivity index (χ1) is 9.58. The van der Waals surface area contributed by atoms with Crippen LogP contribution in [0.25, 0.3) is 11.5 Å². The van der Waals surface area contributed by atoms with E-state index in [2.05, 4.69) is 39.1 Å². The second kappa shape index (κ2) is 6.52. The molecule has 0 spiro atoms. The molecule has 0 aromatic carbocycles. The van der Waals surface area contributed by atoms with E-state index in [0.717, 1.165) is 30.2 Å². The molecule has 0 bridgehead atoms. The summed E-state index contributed by atoms with van der Waals surface area (Å²) >= 11 is 0. The van der Waals surface area contributed by atoms with Gasteiger partial charge in [-0.25, -0.2) is 19.9 Å². The molecule has 20 heavy (non-hydrogen) atoms. The first-order valence-corrected chi connectivity index (χ1v) is 6.89. The zero-order chi connectivity index (χ0) is 14.5. The van der Waals surface area contributed by atoms with Crippen LogP contribution in [0.4, 0.5) is 0 Å². The quantitative estimate of drug-likeness (QED) is 0.904. The summed E-state index contributed by atoms with van der Waals surface area (Å²) in [6, 6.07) is 1.82. The molecule has 0 atom stereocenters. The number of hydrogen-bond donors (Lipinski definition) is 1. The van der Waals surface area contributed by atoms with Crippen molar-refractivity contribution in [2.45, 2.75) is 34.2 Å². The maximum Gasteiger partial charge on any atom is 0.178 e. The molecule has 2 heterocycles. The Hall–Kier alpha value is -1.88. The van der Waals surface area contributed by atoms with Crippen LogP contribution < -0.4 is 5.32 Å². The van der Waals surface area contributed by atoms with Crippen LogP contribution >= 0.6 is 0 Å². The van der Waals surface area contributed by atoms with Crippen LogP contribution in [-0.4, -0.2) is 26.5 Å². The fourth-order valence-electron chi connectivity index (χ4n) is 2.02.